The monoisotopic (exact) mass is 299 g/mol. The van der Waals surface area contributed by atoms with E-state index in [0.717, 1.165) is 25.9 Å². The highest BCUT2D eigenvalue weighted by atomic mass is 79.9. The summed E-state index contributed by atoms with van der Waals surface area (Å²) < 4.78 is 13.1. The highest BCUT2D eigenvalue weighted by Crippen LogP contribution is 2.20. The van der Waals surface area contributed by atoms with Gasteiger partial charge in [-0.3, -0.25) is 4.79 Å². The van der Waals surface area contributed by atoms with Crippen LogP contribution in [0.15, 0.2) is 18.2 Å². The molecule has 1 aliphatic rings. The van der Waals surface area contributed by atoms with Gasteiger partial charge in [-0.1, -0.05) is 15.9 Å². The number of hydrogen-bond acceptors (Lipinski definition) is 1. The zero-order valence-corrected chi connectivity index (χ0v) is 11.3. The van der Waals surface area contributed by atoms with E-state index < -0.39 is 0 Å². The molecule has 4 heteroatoms. The Labute approximate surface area is 109 Å². The fourth-order valence-corrected chi connectivity index (χ4v) is 2.42. The molecule has 0 radical (unpaired) electrons. The van der Waals surface area contributed by atoms with E-state index >= 15 is 0 Å². The van der Waals surface area contributed by atoms with Gasteiger partial charge in [0.2, 0.25) is 0 Å². The number of carbonyl (C=O) groups excluding carboxylic acids is 1. The molecular formula is C13H15BrFNO. The number of likely N-dealkylation sites (tertiary alicyclic amines) is 1. The van der Waals surface area contributed by atoms with E-state index in [1.54, 1.807) is 19.1 Å². The normalized spacial score (nSPS) is 17.2. The van der Waals surface area contributed by atoms with Gasteiger partial charge >= 0.3 is 0 Å². The lowest BCUT2D eigenvalue weighted by molar-refractivity contribution is 0.0728. The van der Waals surface area contributed by atoms with Crippen LogP contribution in [-0.4, -0.2) is 28.7 Å². The van der Waals surface area contributed by atoms with E-state index in [1.165, 1.54) is 6.07 Å². The van der Waals surface area contributed by atoms with Crippen molar-refractivity contribution in [2.45, 2.75) is 24.6 Å². The minimum atomic E-state index is -0.263. The molecule has 2 rings (SSSR count). The largest absolute Gasteiger partial charge is 0.339 e. The van der Waals surface area contributed by atoms with Crippen molar-refractivity contribution in [3.63, 3.8) is 0 Å². The Hall–Kier alpha value is -0.900. The first-order chi connectivity index (χ1) is 8.08. The van der Waals surface area contributed by atoms with Gasteiger partial charge in [0, 0.05) is 23.5 Å². The molecule has 0 unspecified atom stereocenters. The fraction of sp³-hybridized carbons (Fsp3) is 0.462. The zero-order valence-electron chi connectivity index (χ0n) is 9.75. The predicted molar refractivity (Wildman–Crippen MR) is 69.0 cm³/mol. The molecule has 1 heterocycles. The first kappa shape index (κ1) is 12.6. The maximum absolute atomic E-state index is 13.1. The van der Waals surface area contributed by atoms with Crippen molar-refractivity contribution in [3.05, 3.63) is 35.1 Å². The van der Waals surface area contributed by atoms with E-state index in [0.29, 0.717) is 16.0 Å². The first-order valence-corrected chi connectivity index (χ1v) is 6.69. The van der Waals surface area contributed by atoms with Crippen LogP contribution in [0.25, 0.3) is 0 Å². The van der Waals surface area contributed by atoms with Gasteiger partial charge in [-0.05, 0) is 43.5 Å². The van der Waals surface area contributed by atoms with Crippen LogP contribution in [0.1, 0.15) is 28.8 Å². The molecule has 0 aromatic heterocycles. The fourth-order valence-electron chi connectivity index (χ4n) is 2.01. The third-order valence-electron chi connectivity index (χ3n) is 3.12. The number of benzene rings is 1. The van der Waals surface area contributed by atoms with Crippen molar-refractivity contribution in [1.82, 2.24) is 4.90 Å². The van der Waals surface area contributed by atoms with Gasteiger partial charge in [0.05, 0.1) is 0 Å². The Kier molecular flexibility index (Phi) is 3.82. The summed E-state index contributed by atoms with van der Waals surface area (Å²) in [7, 11) is 0. The lowest BCUT2D eigenvalue weighted by Crippen LogP contribution is -2.38. The second kappa shape index (κ2) is 5.17. The lowest BCUT2D eigenvalue weighted by Gasteiger charge is -2.29. The average Bonchev–Trinajstić information content (AvgIpc) is 2.33. The van der Waals surface area contributed by atoms with Crippen molar-refractivity contribution < 1.29 is 9.18 Å². The van der Waals surface area contributed by atoms with Gasteiger partial charge in [0.25, 0.3) is 5.91 Å². The van der Waals surface area contributed by atoms with Gasteiger partial charge in [-0.15, -0.1) is 0 Å². The van der Waals surface area contributed by atoms with E-state index in [2.05, 4.69) is 15.9 Å². The molecule has 92 valence electrons. The number of nitrogens with zero attached hydrogens (tertiary/aromatic N) is 1. The summed E-state index contributed by atoms with van der Waals surface area (Å²) in [6, 6.07) is 4.54. The van der Waals surface area contributed by atoms with Gasteiger partial charge in [0.1, 0.15) is 5.82 Å². The second-order valence-electron chi connectivity index (χ2n) is 4.43. The van der Waals surface area contributed by atoms with Crippen LogP contribution < -0.4 is 0 Å². The summed E-state index contributed by atoms with van der Waals surface area (Å²) in [6.45, 7) is 3.22. The third kappa shape index (κ3) is 2.86. The summed E-state index contributed by atoms with van der Waals surface area (Å²) in [4.78, 5) is 14.5. The molecular weight excluding hydrogens is 285 g/mol. The van der Waals surface area contributed by atoms with Crippen LogP contribution in [0.2, 0.25) is 0 Å². The summed E-state index contributed by atoms with van der Waals surface area (Å²) in [5, 5.41) is 0. The van der Waals surface area contributed by atoms with E-state index in [1.807, 2.05) is 4.90 Å². The zero-order chi connectivity index (χ0) is 12.4. The maximum Gasteiger partial charge on any atom is 0.253 e. The van der Waals surface area contributed by atoms with Crippen LogP contribution in [-0.2, 0) is 0 Å². The number of alkyl halides is 1. The molecule has 0 atom stereocenters. The van der Waals surface area contributed by atoms with Crippen molar-refractivity contribution in [1.29, 1.82) is 0 Å². The van der Waals surface area contributed by atoms with E-state index in [-0.39, 0.29) is 11.7 Å². The molecule has 1 saturated heterocycles. The van der Waals surface area contributed by atoms with Crippen LogP contribution in [0.3, 0.4) is 0 Å². The molecule has 17 heavy (non-hydrogen) atoms. The summed E-state index contributed by atoms with van der Waals surface area (Å²) in [5.41, 5.74) is 1.10. The highest BCUT2D eigenvalue weighted by Gasteiger charge is 2.22. The number of amides is 1. The Balaban J connectivity index is 2.11. The number of halogens is 2. The number of aryl methyl sites for hydroxylation is 1. The Bertz CT molecular complexity index is 427. The van der Waals surface area contributed by atoms with Crippen molar-refractivity contribution >= 4 is 21.8 Å². The SMILES string of the molecule is Cc1cc(C(=O)N2CCC(Br)CC2)ccc1F. The first-order valence-electron chi connectivity index (χ1n) is 5.77. The van der Waals surface area contributed by atoms with Crippen LogP contribution in [0.5, 0.6) is 0 Å². The molecule has 0 bridgehead atoms. The molecule has 0 saturated carbocycles. The molecule has 1 fully saturated rings. The van der Waals surface area contributed by atoms with Crippen LogP contribution >= 0.6 is 15.9 Å². The third-order valence-corrected chi connectivity index (χ3v) is 4.03. The Morgan fingerprint density at radius 3 is 2.65 bits per heavy atom. The van der Waals surface area contributed by atoms with Crippen LogP contribution in [0, 0.1) is 12.7 Å². The quantitative estimate of drug-likeness (QED) is 0.730. The number of hydrogen-bond donors (Lipinski definition) is 0. The predicted octanol–water partition coefficient (Wildman–Crippen LogP) is 3.13. The van der Waals surface area contributed by atoms with Gasteiger partial charge in [-0.2, -0.15) is 0 Å². The molecule has 1 amide bonds. The van der Waals surface area contributed by atoms with Gasteiger partial charge in [0.15, 0.2) is 0 Å². The standard InChI is InChI=1S/C13H15BrFNO/c1-9-8-10(2-3-12(9)15)13(17)16-6-4-11(14)5-7-16/h2-3,8,11H,4-7H2,1H3. The van der Waals surface area contributed by atoms with Crippen molar-refractivity contribution in [3.8, 4) is 0 Å². The molecule has 1 aromatic rings. The number of rotatable bonds is 1. The molecule has 2 nitrogen and oxygen atoms in total. The average molecular weight is 300 g/mol. The lowest BCUT2D eigenvalue weighted by atomic mass is 10.1. The number of carbonyl (C=O) groups is 1. The summed E-state index contributed by atoms with van der Waals surface area (Å²) >= 11 is 3.55. The molecule has 1 aliphatic heterocycles. The van der Waals surface area contributed by atoms with Gasteiger partial charge in [-0.25, -0.2) is 4.39 Å². The highest BCUT2D eigenvalue weighted by molar-refractivity contribution is 9.09. The molecule has 0 N–H and O–H groups in total. The Morgan fingerprint density at radius 2 is 2.06 bits per heavy atom. The Morgan fingerprint density at radius 1 is 1.41 bits per heavy atom. The minimum absolute atomic E-state index is 0.00694. The summed E-state index contributed by atoms with van der Waals surface area (Å²) in [6.07, 6.45) is 1.96. The van der Waals surface area contributed by atoms with Crippen molar-refractivity contribution in [2.24, 2.45) is 0 Å². The topological polar surface area (TPSA) is 20.3 Å². The smallest absolute Gasteiger partial charge is 0.253 e. The minimum Gasteiger partial charge on any atom is -0.339 e. The van der Waals surface area contributed by atoms with E-state index in [4.69, 9.17) is 0 Å². The maximum atomic E-state index is 13.1. The molecule has 0 spiro atoms. The van der Waals surface area contributed by atoms with Crippen molar-refractivity contribution in [2.75, 3.05) is 13.1 Å². The van der Waals surface area contributed by atoms with Gasteiger partial charge < -0.3 is 4.90 Å². The van der Waals surface area contributed by atoms with Crippen LogP contribution in [0.4, 0.5) is 4.39 Å². The summed E-state index contributed by atoms with van der Waals surface area (Å²) in [5.74, 6) is -0.256. The molecule has 1 aromatic carbocycles. The number of piperidine rings is 1. The molecule has 0 aliphatic carbocycles. The second-order valence-corrected chi connectivity index (χ2v) is 5.73. The van der Waals surface area contributed by atoms with E-state index in [9.17, 15) is 9.18 Å².